The van der Waals surface area contributed by atoms with Crippen LogP contribution >= 0.6 is 11.6 Å². The Balaban J connectivity index is 2.55. The summed E-state index contributed by atoms with van der Waals surface area (Å²) in [4.78, 5) is 11.8. The summed E-state index contributed by atoms with van der Waals surface area (Å²) >= 11 is 5.63. The number of hydrogen-bond acceptors (Lipinski definition) is 4. The number of aryl methyl sites for hydroxylation is 1. The zero-order valence-corrected chi connectivity index (χ0v) is 16.1. The van der Waals surface area contributed by atoms with Gasteiger partial charge in [0.1, 0.15) is 18.4 Å². The van der Waals surface area contributed by atoms with Gasteiger partial charge >= 0.3 is 0 Å². The lowest BCUT2D eigenvalue weighted by Gasteiger charge is -2.28. The maximum Gasteiger partial charge on any atom is 0.265 e. The molecule has 0 N–H and O–H groups in total. The topological polar surface area (TPSA) is 63.7 Å². The molecule has 0 spiro atoms. The van der Waals surface area contributed by atoms with E-state index in [0.29, 0.717) is 5.75 Å². The third-order valence-electron chi connectivity index (χ3n) is 3.70. The molecule has 0 fully saturated rings. The van der Waals surface area contributed by atoms with Crippen LogP contribution in [-0.2, 0) is 14.8 Å². The smallest absolute Gasteiger partial charge is 0.265 e. The molecule has 2 aromatic carbocycles. The third-order valence-corrected chi connectivity index (χ3v) is 5.93. The largest absolute Gasteiger partial charge is 0.489 e. The molecule has 0 bridgehead atoms. The molecular weight excluding hydrogens is 374 g/mol. The maximum absolute atomic E-state index is 13.2. The van der Waals surface area contributed by atoms with Crippen LogP contribution in [-0.4, -0.2) is 26.3 Å². The second kappa shape index (κ2) is 8.38. The van der Waals surface area contributed by atoms with Crippen LogP contribution in [0.3, 0.4) is 0 Å². The van der Waals surface area contributed by atoms with Crippen LogP contribution in [0.4, 0.5) is 5.69 Å². The van der Waals surface area contributed by atoms with Gasteiger partial charge in [-0.2, -0.15) is 0 Å². The molecule has 2 aromatic rings. The summed E-state index contributed by atoms with van der Waals surface area (Å²) in [5, 5.41) is -0.780. The number of rotatable bonds is 8. The van der Waals surface area contributed by atoms with Gasteiger partial charge in [-0.05, 0) is 49.7 Å². The minimum absolute atomic E-state index is 0.0743. The molecule has 0 saturated heterocycles. The Kier molecular flexibility index (Phi) is 6.45. The average molecular weight is 394 g/mol. The molecule has 1 atom stereocenters. The number of hydrogen-bond donors (Lipinski definition) is 0. The SMILES string of the molecule is C=CCOc1cccc(N(C(C)C(=O)Cl)S(=O)(=O)c2ccc(C)cc2)c1. The van der Waals surface area contributed by atoms with E-state index >= 15 is 0 Å². The lowest BCUT2D eigenvalue weighted by molar-refractivity contribution is -0.112. The third kappa shape index (κ3) is 4.45. The van der Waals surface area contributed by atoms with E-state index in [0.717, 1.165) is 9.87 Å². The van der Waals surface area contributed by atoms with Crippen molar-refractivity contribution in [3.8, 4) is 5.75 Å². The highest BCUT2D eigenvalue weighted by Crippen LogP contribution is 2.30. The van der Waals surface area contributed by atoms with Gasteiger partial charge in [-0.1, -0.05) is 36.4 Å². The van der Waals surface area contributed by atoms with Crippen LogP contribution in [0.25, 0.3) is 0 Å². The predicted octanol–water partition coefficient (Wildman–Crippen LogP) is 3.91. The van der Waals surface area contributed by atoms with Crippen LogP contribution in [0.5, 0.6) is 5.75 Å². The molecule has 0 aliphatic rings. The summed E-state index contributed by atoms with van der Waals surface area (Å²) < 4.78 is 32.8. The van der Waals surface area contributed by atoms with E-state index in [1.54, 1.807) is 42.5 Å². The lowest BCUT2D eigenvalue weighted by Crippen LogP contribution is -2.42. The van der Waals surface area contributed by atoms with Gasteiger partial charge in [-0.25, -0.2) is 8.42 Å². The quantitative estimate of drug-likeness (QED) is 0.504. The van der Waals surface area contributed by atoms with Crippen molar-refractivity contribution in [1.82, 2.24) is 0 Å². The molecule has 0 radical (unpaired) electrons. The number of carbonyl (C=O) groups excluding carboxylic acids is 1. The minimum atomic E-state index is -4.00. The lowest BCUT2D eigenvalue weighted by atomic mass is 10.2. The highest BCUT2D eigenvalue weighted by Gasteiger charge is 2.32. The first-order valence-corrected chi connectivity index (χ1v) is 9.73. The summed E-state index contributed by atoms with van der Waals surface area (Å²) in [6.45, 7) is 7.16. The summed E-state index contributed by atoms with van der Waals surface area (Å²) in [6, 6.07) is 11.8. The Morgan fingerprint density at radius 1 is 1.27 bits per heavy atom. The number of ether oxygens (including phenoxy) is 1. The fourth-order valence-corrected chi connectivity index (χ4v) is 4.12. The van der Waals surface area contributed by atoms with Crippen molar-refractivity contribution in [3.63, 3.8) is 0 Å². The monoisotopic (exact) mass is 393 g/mol. The number of nitrogens with zero attached hydrogens (tertiary/aromatic N) is 1. The normalized spacial score (nSPS) is 12.3. The molecule has 5 nitrogen and oxygen atoms in total. The first kappa shape index (κ1) is 20.0. The fraction of sp³-hybridized carbons (Fsp3) is 0.211. The van der Waals surface area contributed by atoms with Gasteiger partial charge in [-0.15, -0.1) is 0 Å². The van der Waals surface area contributed by atoms with Gasteiger partial charge in [0.2, 0.25) is 5.24 Å². The molecule has 0 amide bonds. The van der Waals surface area contributed by atoms with Crippen molar-refractivity contribution in [2.45, 2.75) is 24.8 Å². The van der Waals surface area contributed by atoms with Gasteiger partial charge in [0, 0.05) is 6.07 Å². The van der Waals surface area contributed by atoms with E-state index in [-0.39, 0.29) is 17.2 Å². The highest BCUT2D eigenvalue weighted by atomic mass is 35.5. The molecule has 0 heterocycles. The van der Waals surface area contributed by atoms with E-state index in [9.17, 15) is 13.2 Å². The minimum Gasteiger partial charge on any atom is -0.489 e. The average Bonchev–Trinajstić information content (AvgIpc) is 2.60. The molecule has 0 aliphatic heterocycles. The first-order valence-electron chi connectivity index (χ1n) is 7.91. The van der Waals surface area contributed by atoms with Crippen LogP contribution in [0.2, 0.25) is 0 Å². The number of anilines is 1. The summed E-state index contributed by atoms with van der Waals surface area (Å²) in [6.07, 6.45) is 1.58. The second-order valence-corrected chi connectivity index (χ2v) is 7.88. The number of benzene rings is 2. The number of sulfonamides is 1. The number of carbonyl (C=O) groups is 1. The van der Waals surface area contributed by atoms with Crippen LogP contribution < -0.4 is 9.04 Å². The summed E-state index contributed by atoms with van der Waals surface area (Å²) in [5.74, 6) is 0.459. The van der Waals surface area contributed by atoms with Crippen LogP contribution in [0.1, 0.15) is 12.5 Å². The summed E-state index contributed by atoms with van der Waals surface area (Å²) in [7, 11) is -4.00. The van der Waals surface area contributed by atoms with E-state index < -0.39 is 21.3 Å². The molecular formula is C19H20ClNO4S. The molecule has 0 aromatic heterocycles. The van der Waals surface area contributed by atoms with Gasteiger partial charge in [-0.3, -0.25) is 9.10 Å². The molecule has 26 heavy (non-hydrogen) atoms. The Morgan fingerprint density at radius 3 is 2.50 bits per heavy atom. The second-order valence-electron chi connectivity index (χ2n) is 5.69. The maximum atomic E-state index is 13.2. The first-order chi connectivity index (χ1) is 12.3. The standard InChI is InChI=1S/C19H20ClNO4S/c1-4-12-25-17-7-5-6-16(13-17)21(15(3)19(20)22)26(23,24)18-10-8-14(2)9-11-18/h4-11,13,15H,1,12H2,2-3H3. The van der Waals surface area contributed by atoms with E-state index in [4.69, 9.17) is 16.3 Å². The Hall–Kier alpha value is -2.31. The molecule has 138 valence electrons. The Morgan fingerprint density at radius 2 is 1.92 bits per heavy atom. The zero-order valence-electron chi connectivity index (χ0n) is 14.6. The van der Waals surface area contributed by atoms with Crippen molar-refractivity contribution < 1.29 is 17.9 Å². The van der Waals surface area contributed by atoms with Crippen molar-refractivity contribution >= 4 is 32.6 Å². The Bertz CT molecular complexity index is 894. The van der Waals surface area contributed by atoms with Crippen molar-refractivity contribution in [2.75, 3.05) is 10.9 Å². The van der Waals surface area contributed by atoms with Crippen molar-refractivity contribution in [1.29, 1.82) is 0 Å². The molecule has 0 saturated carbocycles. The highest BCUT2D eigenvalue weighted by molar-refractivity contribution is 7.93. The van der Waals surface area contributed by atoms with Gasteiger partial charge in [0.05, 0.1) is 10.6 Å². The molecule has 1 unspecified atom stereocenters. The van der Waals surface area contributed by atoms with E-state index in [2.05, 4.69) is 6.58 Å². The Labute approximate surface area is 158 Å². The van der Waals surface area contributed by atoms with E-state index in [1.807, 2.05) is 6.92 Å². The van der Waals surface area contributed by atoms with Crippen molar-refractivity contribution in [2.24, 2.45) is 0 Å². The fourth-order valence-electron chi connectivity index (χ4n) is 2.35. The van der Waals surface area contributed by atoms with Gasteiger partial charge in [0.25, 0.3) is 10.0 Å². The summed E-state index contributed by atoms with van der Waals surface area (Å²) in [5.41, 5.74) is 1.21. The van der Waals surface area contributed by atoms with Gasteiger partial charge in [0.15, 0.2) is 0 Å². The molecule has 2 rings (SSSR count). The molecule has 7 heteroatoms. The van der Waals surface area contributed by atoms with Crippen molar-refractivity contribution in [3.05, 3.63) is 66.7 Å². The van der Waals surface area contributed by atoms with E-state index in [1.165, 1.54) is 19.1 Å². The number of halogens is 1. The molecule has 0 aliphatic carbocycles. The zero-order chi connectivity index (χ0) is 19.3. The van der Waals surface area contributed by atoms with Gasteiger partial charge < -0.3 is 4.74 Å². The van der Waals surface area contributed by atoms with Crippen LogP contribution in [0.15, 0.2) is 66.1 Å². The predicted molar refractivity (Wildman–Crippen MR) is 103 cm³/mol. The van der Waals surface area contributed by atoms with Crippen LogP contribution in [0, 0.1) is 6.92 Å².